The molecule has 0 spiro atoms. The summed E-state index contributed by atoms with van der Waals surface area (Å²) in [5, 5.41) is 1.12. The number of fused-ring (bicyclic) bond motifs is 1. The lowest BCUT2D eigenvalue weighted by Crippen LogP contribution is -2.53. The fraction of sp³-hybridized carbons (Fsp3) is 0.474. The third-order valence-corrected chi connectivity index (χ3v) is 5.44. The van der Waals surface area contributed by atoms with Gasteiger partial charge in [-0.3, -0.25) is 9.59 Å². The van der Waals surface area contributed by atoms with Gasteiger partial charge in [0.05, 0.1) is 0 Å². The van der Waals surface area contributed by atoms with Crippen LogP contribution in [-0.2, 0) is 16.1 Å². The minimum absolute atomic E-state index is 0.0813. The molecule has 6 nitrogen and oxygen atoms in total. The summed E-state index contributed by atoms with van der Waals surface area (Å²) < 4.78 is 0. The topological polar surface area (TPSA) is 59.7 Å². The van der Waals surface area contributed by atoms with Crippen molar-refractivity contribution in [2.75, 3.05) is 33.2 Å². The first-order valence-electron chi connectivity index (χ1n) is 8.95. The molecule has 1 aromatic carbocycles. The smallest absolute Gasteiger partial charge is 0.245 e. The standard InChI is InChI=1S/C19H24N4O2/c1-21-8-10-22(11-9-21)19(25)17-6-7-18(24)23(17)13-14-12-20-16-5-3-2-4-15(14)16/h2-5,12,17,20H,6-11,13H2,1H3/t17-/m0/s1. The van der Waals surface area contributed by atoms with Crippen LogP contribution in [-0.4, -0.2) is 70.8 Å². The van der Waals surface area contributed by atoms with Crippen molar-refractivity contribution in [1.29, 1.82) is 0 Å². The van der Waals surface area contributed by atoms with E-state index in [0.29, 0.717) is 19.4 Å². The quantitative estimate of drug-likeness (QED) is 0.920. The molecule has 2 fully saturated rings. The molecule has 0 radical (unpaired) electrons. The minimum Gasteiger partial charge on any atom is -0.361 e. The van der Waals surface area contributed by atoms with E-state index in [0.717, 1.165) is 42.6 Å². The van der Waals surface area contributed by atoms with Crippen molar-refractivity contribution < 1.29 is 9.59 Å². The molecule has 2 saturated heterocycles. The van der Waals surface area contributed by atoms with Gasteiger partial charge in [0.1, 0.15) is 6.04 Å². The van der Waals surface area contributed by atoms with Gasteiger partial charge < -0.3 is 19.7 Å². The van der Waals surface area contributed by atoms with Gasteiger partial charge in [-0.25, -0.2) is 0 Å². The van der Waals surface area contributed by atoms with Gasteiger partial charge in [-0.15, -0.1) is 0 Å². The zero-order chi connectivity index (χ0) is 17.4. The van der Waals surface area contributed by atoms with E-state index in [-0.39, 0.29) is 17.9 Å². The second-order valence-corrected chi connectivity index (χ2v) is 7.06. The summed E-state index contributed by atoms with van der Waals surface area (Å²) in [6, 6.07) is 7.75. The van der Waals surface area contributed by atoms with Crippen molar-refractivity contribution in [2.45, 2.75) is 25.4 Å². The molecule has 3 heterocycles. The molecule has 1 N–H and O–H groups in total. The number of rotatable bonds is 3. The normalized spacial score (nSPS) is 22.1. The summed E-state index contributed by atoms with van der Waals surface area (Å²) in [5.41, 5.74) is 2.13. The van der Waals surface area contributed by atoms with Crippen LogP contribution in [0.3, 0.4) is 0 Å². The Balaban J connectivity index is 1.53. The Morgan fingerprint density at radius 3 is 2.76 bits per heavy atom. The van der Waals surface area contributed by atoms with E-state index in [1.165, 1.54) is 0 Å². The summed E-state index contributed by atoms with van der Waals surface area (Å²) in [6.45, 7) is 3.79. The molecule has 6 heteroatoms. The van der Waals surface area contributed by atoms with Crippen LogP contribution in [0.15, 0.2) is 30.5 Å². The first-order valence-corrected chi connectivity index (χ1v) is 8.95. The van der Waals surface area contributed by atoms with Crippen molar-refractivity contribution in [3.05, 3.63) is 36.0 Å². The second-order valence-electron chi connectivity index (χ2n) is 7.06. The molecular weight excluding hydrogens is 316 g/mol. The van der Waals surface area contributed by atoms with E-state index < -0.39 is 0 Å². The molecule has 0 aliphatic carbocycles. The van der Waals surface area contributed by atoms with Gasteiger partial charge in [0, 0.05) is 56.2 Å². The molecule has 132 valence electrons. The molecule has 1 atom stereocenters. The largest absolute Gasteiger partial charge is 0.361 e. The number of nitrogens with zero attached hydrogens (tertiary/aromatic N) is 3. The van der Waals surface area contributed by atoms with E-state index in [9.17, 15) is 9.59 Å². The highest BCUT2D eigenvalue weighted by Crippen LogP contribution is 2.26. The van der Waals surface area contributed by atoms with Crippen LogP contribution in [0.1, 0.15) is 18.4 Å². The Bertz CT molecular complexity index is 792. The zero-order valence-electron chi connectivity index (χ0n) is 14.6. The number of para-hydroxylation sites is 1. The number of aromatic nitrogens is 1. The number of hydrogen-bond acceptors (Lipinski definition) is 3. The first-order chi connectivity index (χ1) is 12.1. The maximum atomic E-state index is 13.0. The lowest BCUT2D eigenvalue weighted by atomic mass is 10.1. The van der Waals surface area contributed by atoms with E-state index in [4.69, 9.17) is 0 Å². The zero-order valence-corrected chi connectivity index (χ0v) is 14.6. The van der Waals surface area contributed by atoms with E-state index in [1.54, 1.807) is 4.90 Å². The summed E-state index contributed by atoms with van der Waals surface area (Å²) in [4.78, 5) is 34.6. The molecular formula is C19H24N4O2. The minimum atomic E-state index is -0.315. The molecule has 0 bridgehead atoms. The predicted molar refractivity (Wildman–Crippen MR) is 95.9 cm³/mol. The highest BCUT2D eigenvalue weighted by molar-refractivity contribution is 5.91. The van der Waals surface area contributed by atoms with E-state index in [2.05, 4.69) is 23.0 Å². The third kappa shape index (κ3) is 3.02. The fourth-order valence-corrected chi connectivity index (χ4v) is 3.87. The van der Waals surface area contributed by atoms with Gasteiger partial charge in [-0.05, 0) is 25.1 Å². The lowest BCUT2D eigenvalue weighted by Gasteiger charge is -2.35. The number of piperazine rings is 1. The molecule has 4 rings (SSSR count). The van der Waals surface area contributed by atoms with Crippen LogP contribution in [0.2, 0.25) is 0 Å². The van der Waals surface area contributed by atoms with Gasteiger partial charge in [0.25, 0.3) is 0 Å². The van der Waals surface area contributed by atoms with Crippen molar-refractivity contribution in [3.63, 3.8) is 0 Å². The Morgan fingerprint density at radius 2 is 1.96 bits per heavy atom. The maximum absolute atomic E-state index is 13.0. The molecule has 0 saturated carbocycles. The van der Waals surface area contributed by atoms with Gasteiger partial charge in [0.15, 0.2) is 0 Å². The number of likely N-dealkylation sites (N-methyl/N-ethyl adjacent to an activating group) is 1. The second kappa shape index (κ2) is 6.52. The number of hydrogen-bond donors (Lipinski definition) is 1. The summed E-state index contributed by atoms with van der Waals surface area (Å²) in [5.74, 6) is 0.191. The van der Waals surface area contributed by atoms with Crippen LogP contribution in [0, 0.1) is 0 Å². The first kappa shape index (κ1) is 16.1. The van der Waals surface area contributed by atoms with Gasteiger partial charge >= 0.3 is 0 Å². The molecule has 0 unspecified atom stereocenters. The predicted octanol–water partition coefficient (Wildman–Crippen LogP) is 1.43. The highest BCUT2D eigenvalue weighted by atomic mass is 16.2. The molecule has 2 aliphatic rings. The molecule has 2 aliphatic heterocycles. The number of amides is 2. The Hall–Kier alpha value is -2.34. The van der Waals surface area contributed by atoms with Gasteiger partial charge in [0.2, 0.25) is 11.8 Å². The molecule has 25 heavy (non-hydrogen) atoms. The Labute approximate surface area is 147 Å². The Morgan fingerprint density at radius 1 is 1.20 bits per heavy atom. The van der Waals surface area contributed by atoms with Gasteiger partial charge in [-0.2, -0.15) is 0 Å². The van der Waals surface area contributed by atoms with Gasteiger partial charge in [-0.1, -0.05) is 18.2 Å². The number of nitrogens with one attached hydrogen (secondary N) is 1. The average molecular weight is 340 g/mol. The summed E-state index contributed by atoms with van der Waals surface area (Å²) in [7, 11) is 2.07. The fourth-order valence-electron chi connectivity index (χ4n) is 3.87. The number of aromatic amines is 1. The highest BCUT2D eigenvalue weighted by Gasteiger charge is 2.38. The number of carbonyl (C=O) groups is 2. The Kier molecular flexibility index (Phi) is 4.21. The number of carbonyl (C=O) groups excluding carboxylic acids is 2. The molecule has 2 aromatic rings. The van der Waals surface area contributed by atoms with E-state index >= 15 is 0 Å². The number of likely N-dealkylation sites (tertiary alicyclic amines) is 1. The maximum Gasteiger partial charge on any atom is 0.245 e. The van der Waals surface area contributed by atoms with Crippen molar-refractivity contribution in [2.24, 2.45) is 0 Å². The van der Waals surface area contributed by atoms with Crippen molar-refractivity contribution in [1.82, 2.24) is 19.7 Å². The molecule has 1 aromatic heterocycles. The lowest BCUT2D eigenvalue weighted by molar-refractivity contribution is -0.142. The SMILES string of the molecule is CN1CCN(C(=O)[C@@H]2CCC(=O)N2Cc2c[nH]c3ccccc23)CC1. The average Bonchev–Trinajstić information content (AvgIpc) is 3.20. The number of benzene rings is 1. The summed E-state index contributed by atoms with van der Waals surface area (Å²) in [6.07, 6.45) is 3.05. The monoisotopic (exact) mass is 340 g/mol. The van der Waals surface area contributed by atoms with Crippen LogP contribution in [0.5, 0.6) is 0 Å². The molecule has 2 amide bonds. The van der Waals surface area contributed by atoms with E-state index in [1.807, 2.05) is 29.3 Å². The van der Waals surface area contributed by atoms with Crippen LogP contribution >= 0.6 is 0 Å². The van der Waals surface area contributed by atoms with Crippen LogP contribution in [0.4, 0.5) is 0 Å². The van der Waals surface area contributed by atoms with Crippen molar-refractivity contribution >= 4 is 22.7 Å². The summed E-state index contributed by atoms with van der Waals surface area (Å²) >= 11 is 0. The van der Waals surface area contributed by atoms with Crippen molar-refractivity contribution in [3.8, 4) is 0 Å². The third-order valence-electron chi connectivity index (χ3n) is 5.44. The van der Waals surface area contributed by atoms with Crippen LogP contribution < -0.4 is 0 Å². The van der Waals surface area contributed by atoms with Crippen LogP contribution in [0.25, 0.3) is 10.9 Å². The number of H-pyrrole nitrogens is 1.